The fourth-order valence-corrected chi connectivity index (χ4v) is 2.78. The fourth-order valence-electron chi connectivity index (χ4n) is 2.46. The second-order valence-corrected chi connectivity index (χ2v) is 7.07. The van der Waals surface area contributed by atoms with Crippen molar-refractivity contribution in [2.75, 3.05) is 18.0 Å². The van der Waals surface area contributed by atoms with Gasteiger partial charge in [0.15, 0.2) is 0 Å². The highest BCUT2D eigenvalue weighted by molar-refractivity contribution is 6.33. The zero-order valence-corrected chi connectivity index (χ0v) is 14.2. The molecular weight excluding hydrogens is 268 g/mol. The summed E-state index contributed by atoms with van der Waals surface area (Å²) in [6, 6.07) is 6.52. The normalized spacial score (nSPS) is 13.1. The van der Waals surface area contributed by atoms with Crippen molar-refractivity contribution in [3.05, 3.63) is 28.8 Å². The van der Waals surface area contributed by atoms with Crippen LogP contribution in [0.3, 0.4) is 0 Å². The van der Waals surface area contributed by atoms with Gasteiger partial charge in [-0.2, -0.15) is 0 Å². The first-order valence-electron chi connectivity index (χ1n) is 7.58. The summed E-state index contributed by atoms with van der Waals surface area (Å²) in [5.41, 5.74) is 8.20. The van der Waals surface area contributed by atoms with E-state index in [9.17, 15) is 0 Å². The zero-order chi connectivity index (χ0) is 15.3. The molecule has 0 aromatic heterocycles. The van der Waals surface area contributed by atoms with Crippen molar-refractivity contribution < 1.29 is 0 Å². The Morgan fingerprint density at radius 3 is 2.00 bits per heavy atom. The van der Waals surface area contributed by atoms with Crippen LogP contribution in [0.25, 0.3) is 0 Å². The zero-order valence-electron chi connectivity index (χ0n) is 13.5. The molecule has 114 valence electrons. The number of benzene rings is 1. The van der Waals surface area contributed by atoms with Crippen LogP contribution in [0.1, 0.15) is 40.2 Å². The van der Waals surface area contributed by atoms with Gasteiger partial charge >= 0.3 is 0 Å². The summed E-state index contributed by atoms with van der Waals surface area (Å²) in [4.78, 5) is 2.40. The van der Waals surface area contributed by atoms with Gasteiger partial charge in [0.05, 0.1) is 10.7 Å². The number of hydrogen-bond acceptors (Lipinski definition) is 2. The van der Waals surface area contributed by atoms with Crippen LogP contribution in [-0.2, 0) is 6.42 Å². The molecule has 20 heavy (non-hydrogen) atoms. The number of hydrogen-bond donors (Lipinski definition) is 1. The molecule has 1 unspecified atom stereocenters. The molecule has 3 heteroatoms. The first-order valence-corrected chi connectivity index (χ1v) is 7.96. The maximum Gasteiger partial charge on any atom is 0.0642 e. The average Bonchev–Trinajstić information content (AvgIpc) is 2.25. The van der Waals surface area contributed by atoms with Crippen LogP contribution in [-0.4, -0.2) is 19.1 Å². The molecule has 0 saturated heterocycles. The van der Waals surface area contributed by atoms with Gasteiger partial charge in [-0.1, -0.05) is 45.4 Å². The Bertz CT molecular complexity index is 403. The third kappa shape index (κ3) is 5.72. The summed E-state index contributed by atoms with van der Waals surface area (Å²) in [5, 5.41) is 0.837. The number of anilines is 1. The molecule has 0 heterocycles. The maximum atomic E-state index is 6.49. The summed E-state index contributed by atoms with van der Waals surface area (Å²) >= 11 is 6.49. The van der Waals surface area contributed by atoms with Crippen LogP contribution >= 0.6 is 11.6 Å². The van der Waals surface area contributed by atoms with Crippen molar-refractivity contribution in [3.8, 4) is 0 Å². The number of rotatable bonds is 7. The molecule has 0 bridgehead atoms. The van der Waals surface area contributed by atoms with E-state index in [4.69, 9.17) is 17.3 Å². The second kappa shape index (κ2) is 7.90. The predicted molar refractivity (Wildman–Crippen MR) is 90.7 cm³/mol. The minimum atomic E-state index is 0.166. The Labute approximate surface area is 129 Å². The van der Waals surface area contributed by atoms with Gasteiger partial charge in [0.25, 0.3) is 0 Å². The molecule has 0 fully saturated rings. The van der Waals surface area contributed by atoms with Crippen molar-refractivity contribution in [3.63, 3.8) is 0 Å². The van der Waals surface area contributed by atoms with Gasteiger partial charge in [0, 0.05) is 19.1 Å². The lowest BCUT2D eigenvalue weighted by molar-refractivity contribution is 0.553. The third-order valence-electron chi connectivity index (χ3n) is 3.08. The smallest absolute Gasteiger partial charge is 0.0642 e. The topological polar surface area (TPSA) is 29.3 Å². The van der Waals surface area contributed by atoms with Gasteiger partial charge in [-0.25, -0.2) is 0 Å². The fraction of sp³-hybridized carbons (Fsp3) is 0.647. The Morgan fingerprint density at radius 1 is 1.05 bits per heavy atom. The van der Waals surface area contributed by atoms with Gasteiger partial charge in [0.1, 0.15) is 0 Å². The average molecular weight is 297 g/mol. The molecular formula is C17H29ClN2. The molecule has 1 aromatic carbocycles. The second-order valence-electron chi connectivity index (χ2n) is 6.66. The molecule has 1 atom stereocenters. The molecule has 2 nitrogen and oxygen atoms in total. The Morgan fingerprint density at radius 2 is 1.60 bits per heavy atom. The van der Waals surface area contributed by atoms with E-state index in [2.05, 4.69) is 50.8 Å². The van der Waals surface area contributed by atoms with Gasteiger partial charge in [0.2, 0.25) is 0 Å². The molecule has 1 rings (SSSR count). The van der Waals surface area contributed by atoms with Gasteiger partial charge < -0.3 is 10.6 Å². The van der Waals surface area contributed by atoms with Crippen molar-refractivity contribution >= 4 is 17.3 Å². The Kier molecular flexibility index (Phi) is 6.84. The molecule has 0 aliphatic rings. The molecule has 1 aromatic rings. The number of nitrogens with zero attached hydrogens (tertiary/aromatic N) is 1. The van der Waals surface area contributed by atoms with E-state index in [0.29, 0.717) is 11.8 Å². The molecule has 0 spiro atoms. The largest absolute Gasteiger partial charge is 0.370 e. The van der Waals surface area contributed by atoms with Gasteiger partial charge in [-0.3, -0.25) is 0 Å². The van der Waals surface area contributed by atoms with Gasteiger partial charge in [-0.15, -0.1) is 0 Å². The molecule has 0 aliphatic heterocycles. The quantitative estimate of drug-likeness (QED) is 0.810. The number of halogens is 1. The van der Waals surface area contributed by atoms with E-state index in [0.717, 1.165) is 30.2 Å². The SMILES string of the molecule is CC(C)CN(CC(C)C)c1ccc(CC(C)N)cc1Cl. The van der Waals surface area contributed by atoms with E-state index in [1.54, 1.807) is 0 Å². The monoisotopic (exact) mass is 296 g/mol. The van der Waals surface area contributed by atoms with Crippen molar-refractivity contribution in [2.45, 2.75) is 47.1 Å². The van der Waals surface area contributed by atoms with E-state index in [1.165, 1.54) is 5.56 Å². The van der Waals surface area contributed by atoms with Crippen LogP contribution in [0.5, 0.6) is 0 Å². The lowest BCUT2D eigenvalue weighted by Gasteiger charge is -2.29. The first kappa shape index (κ1) is 17.3. The van der Waals surface area contributed by atoms with E-state index >= 15 is 0 Å². The molecule has 0 amide bonds. The van der Waals surface area contributed by atoms with Crippen LogP contribution in [0, 0.1) is 11.8 Å². The molecule has 0 saturated carbocycles. The summed E-state index contributed by atoms with van der Waals surface area (Å²) in [5.74, 6) is 1.24. The highest BCUT2D eigenvalue weighted by Gasteiger charge is 2.14. The number of nitrogens with two attached hydrogens (primary N) is 1. The Hall–Kier alpha value is -0.730. The third-order valence-corrected chi connectivity index (χ3v) is 3.38. The standard InChI is InChI=1S/C17H29ClN2/c1-12(2)10-20(11-13(3)4)17-7-6-15(8-14(5)19)9-16(17)18/h6-7,9,12-14H,8,10-11,19H2,1-5H3. The summed E-state index contributed by atoms with van der Waals surface area (Å²) in [7, 11) is 0. The highest BCUT2D eigenvalue weighted by Crippen LogP contribution is 2.28. The van der Waals surface area contributed by atoms with Crippen molar-refractivity contribution in [2.24, 2.45) is 17.6 Å². The van der Waals surface area contributed by atoms with Gasteiger partial charge in [-0.05, 0) is 42.9 Å². The van der Waals surface area contributed by atoms with Crippen LogP contribution in [0.15, 0.2) is 18.2 Å². The molecule has 0 radical (unpaired) electrons. The Balaban J connectivity index is 2.95. The predicted octanol–water partition coefficient (Wildman–Crippen LogP) is 4.35. The highest BCUT2D eigenvalue weighted by atomic mass is 35.5. The summed E-state index contributed by atoms with van der Waals surface area (Å²) in [6.45, 7) is 13.1. The van der Waals surface area contributed by atoms with Crippen LogP contribution < -0.4 is 10.6 Å². The van der Waals surface area contributed by atoms with Crippen LogP contribution in [0.2, 0.25) is 5.02 Å². The molecule has 0 aliphatic carbocycles. The molecule has 2 N–H and O–H groups in total. The van der Waals surface area contributed by atoms with E-state index in [-0.39, 0.29) is 6.04 Å². The van der Waals surface area contributed by atoms with E-state index in [1.807, 2.05) is 6.92 Å². The minimum absolute atomic E-state index is 0.166. The minimum Gasteiger partial charge on any atom is -0.370 e. The maximum absolute atomic E-state index is 6.49. The van der Waals surface area contributed by atoms with E-state index < -0.39 is 0 Å². The lowest BCUT2D eigenvalue weighted by Crippen LogP contribution is -2.31. The van der Waals surface area contributed by atoms with Crippen molar-refractivity contribution in [1.29, 1.82) is 0 Å². The van der Waals surface area contributed by atoms with Crippen molar-refractivity contribution in [1.82, 2.24) is 0 Å². The summed E-state index contributed by atoms with van der Waals surface area (Å²) < 4.78 is 0. The lowest BCUT2D eigenvalue weighted by atomic mass is 10.1. The van der Waals surface area contributed by atoms with Crippen LogP contribution in [0.4, 0.5) is 5.69 Å². The summed E-state index contributed by atoms with van der Waals surface area (Å²) in [6.07, 6.45) is 0.869. The first-order chi connectivity index (χ1) is 9.29.